The van der Waals surface area contributed by atoms with Crippen LogP contribution in [-0.2, 0) is 4.79 Å². The first-order valence-electron chi connectivity index (χ1n) is 7.44. The highest BCUT2D eigenvalue weighted by Gasteiger charge is 2.11. The number of anilines is 1. The SMILES string of the molecule is CCCCC(N)C(=O)NCCCN(C)c1ccccc1. The Bertz CT molecular complexity index is 381. The highest BCUT2D eigenvalue weighted by molar-refractivity contribution is 5.81. The number of carbonyl (C=O) groups is 1. The summed E-state index contributed by atoms with van der Waals surface area (Å²) in [5.74, 6) is -0.0270. The molecule has 0 bridgehead atoms. The zero-order valence-electron chi connectivity index (χ0n) is 12.6. The average Bonchev–Trinajstić information content (AvgIpc) is 2.49. The largest absolute Gasteiger partial charge is 0.375 e. The van der Waals surface area contributed by atoms with E-state index >= 15 is 0 Å². The quantitative estimate of drug-likeness (QED) is 0.680. The van der Waals surface area contributed by atoms with Gasteiger partial charge in [0, 0.05) is 25.8 Å². The van der Waals surface area contributed by atoms with Crippen molar-refractivity contribution >= 4 is 11.6 Å². The van der Waals surface area contributed by atoms with Crippen LogP contribution < -0.4 is 16.0 Å². The number of carbonyl (C=O) groups excluding carboxylic acids is 1. The first-order chi connectivity index (χ1) is 9.65. The van der Waals surface area contributed by atoms with Gasteiger partial charge in [-0.3, -0.25) is 4.79 Å². The molecule has 112 valence electrons. The molecule has 0 aliphatic carbocycles. The second kappa shape index (κ2) is 9.37. The molecule has 0 radical (unpaired) electrons. The van der Waals surface area contributed by atoms with E-state index in [2.05, 4.69) is 36.3 Å². The summed E-state index contributed by atoms with van der Waals surface area (Å²) in [6, 6.07) is 9.87. The van der Waals surface area contributed by atoms with E-state index in [1.807, 2.05) is 18.2 Å². The smallest absolute Gasteiger partial charge is 0.236 e. The van der Waals surface area contributed by atoms with Gasteiger partial charge in [0.2, 0.25) is 5.91 Å². The number of benzene rings is 1. The number of rotatable bonds is 9. The molecule has 1 atom stereocenters. The van der Waals surface area contributed by atoms with Crippen molar-refractivity contribution in [1.82, 2.24) is 5.32 Å². The van der Waals surface area contributed by atoms with Gasteiger partial charge in [-0.15, -0.1) is 0 Å². The molecule has 0 saturated heterocycles. The Labute approximate surface area is 122 Å². The molecule has 4 heteroatoms. The standard InChI is InChI=1S/C16H27N3O/c1-3-4-11-15(17)16(20)18-12-8-13-19(2)14-9-6-5-7-10-14/h5-7,9-10,15H,3-4,8,11-13,17H2,1-2H3,(H,18,20). The lowest BCUT2D eigenvalue weighted by molar-refractivity contribution is -0.122. The maximum absolute atomic E-state index is 11.7. The van der Waals surface area contributed by atoms with Gasteiger partial charge in [0.15, 0.2) is 0 Å². The molecule has 20 heavy (non-hydrogen) atoms. The number of unbranched alkanes of at least 4 members (excludes halogenated alkanes) is 1. The lowest BCUT2D eigenvalue weighted by atomic mass is 10.1. The van der Waals surface area contributed by atoms with Gasteiger partial charge in [-0.2, -0.15) is 0 Å². The van der Waals surface area contributed by atoms with E-state index < -0.39 is 0 Å². The normalized spacial score (nSPS) is 11.9. The molecule has 0 fully saturated rings. The van der Waals surface area contributed by atoms with E-state index in [0.29, 0.717) is 6.54 Å². The lowest BCUT2D eigenvalue weighted by Gasteiger charge is -2.19. The predicted octanol–water partition coefficient (Wildman–Crippen LogP) is 2.15. The van der Waals surface area contributed by atoms with Crippen molar-refractivity contribution < 1.29 is 4.79 Å². The van der Waals surface area contributed by atoms with Gasteiger partial charge >= 0.3 is 0 Å². The molecule has 0 aliphatic rings. The predicted molar refractivity (Wildman–Crippen MR) is 84.8 cm³/mol. The molecule has 0 aliphatic heterocycles. The third-order valence-corrected chi connectivity index (χ3v) is 3.37. The third-order valence-electron chi connectivity index (χ3n) is 3.37. The summed E-state index contributed by atoms with van der Waals surface area (Å²) in [7, 11) is 2.06. The maximum atomic E-state index is 11.7. The van der Waals surface area contributed by atoms with Crippen LogP contribution >= 0.6 is 0 Å². The van der Waals surface area contributed by atoms with Crippen molar-refractivity contribution in [1.29, 1.82) is 0 Å². The van der Waals surface area contributed by atoms with E-state index in [0.717, 1.165) is 32.2 Å². The van der Waals surface area contributed by atoms with E-state index in [9.17, 15) is 4.79 Å². The molecule has 0 saturated carbocycles. The molecule has 4 nitrogen and oxygen atoms in total. The van der Waals surface area contributed by atoms with Crippen LogP contribution in [-0.4, -0.2) is 32.1 Å². The molecule has 0 aromatic heterocycles. The number of hydrogen-bond acceptors (Lipinski definition) is 3. The Kier molecular flexibility index (Phi) is 7.73. The minimum atomic E-state index is -0.359. The summed E-state index contributed by atoms with van der Waals surface area (Å²) in [6.07, 6.45) is 3.76. The van der Waals surface area contributed by atoms with Crippen molar-refractivity contribution in [2.45, 2.75) is 38.6 Å². The zero-order valence-corrected chi connectivity index (χ0v) is 12.6. The summed E-state index contributed by atoms with van der Waals surface area (Å²) < 4.78 is 0. The molecule has 3 N–H and O–H groups in total. The van der Waals surface area contributed by atoms with E-state index in [-0.39, 0.29) is 11.9 Å². The first-order valence-corrected chi connectivity index (χ1v) is 7.44. The molecule has 1 aromatic rings. The van der Waals surface area contributed by atoms with Crippen molar-refractivity contribution in [3.63, 3.8) is 0 Å². The lowest BCUT2D eigenvalue weighted by Crippen LogP contribution is -2.41. The van der Waals surface area contributed by atoms with Crippen LogP contribution in [0, 0.1) is 0 Å². The van der Waals surface area contributed by atoms with Crippen LogP contribution in [0.25, 0.3) is 0 Å². The van der Waals surface area contributed by atoms with Crippen molar-refractivity contribution in [2.75, 3.05) is 25.0 Å². The molecule has 1 unspecified atom stereocenters. The maximum Gasteiger partial charge on any atom is 0.236 e. The highest BCUT2D eigenvalue weighted by Crippen LogP contribution is 2.10. The first kappa shape index (κ1) is 16.5. The number of hydrogen-bond donors (Lipinski definition) is 2. The Morgan fingerprint density at radius 2 is 2.00 bits per heavy atom. The van der Waals surface area contributed by atoms with Crippen LogP contribution in [0.3, 0.4) is 0 Å². The van der Waals surface area contributed by atoms with Gasteiger partial charge in [0.05, 0.1) is 6.04 Å². The summed E-state index contributed by atoms with van der Waals surface area (Å²) in [6.45, 7) is 3.69. The third kappa shape index (κ3) is 6.06. The Balaban J connectivity index is 2.17. The summed E-state index contributed by atoms with van der Waals surface area (Å²) in [5, 5.41) is 2.91. The number of nitrogens with two attached hydrogens (primary N) is 1. The summed E-state index contributed by atoms with van der Waals surface area (Å²) in [4.78, 5) is 13.9. The highest BCUT2D eigenvalue weighted by atomic mass is 16.2. The Morgan fingerprint density at radius 1 is 1.30 bits per heavy atom. The molecule has 1 aromatic carbocycles. The van der Waals surface area contributed by atoms with Gasteiger partial charge in [-0.25, -0.2) is 0 Å². The van der Waals surface area contributed by atoms with Gasteiger partial charge in [-0.1, -0.05) is 38.0 Å². The molecular formula is C16H27N3O. The molecule has 1 rings (SSSR count). The second-order valence-corrected chi connectivity index (χ2v) is 5.15. The molecule has 1 amide bonds. The van der Waals surface area contributed by atoms with Crippen molar-refractivity contribution in [3.05, 3.63) is 30.3 Å². The van der Waals surface area contributed by atoms with Crippen LogP contribution in [0.15, 0.2) is 30.3 Å². The number of nitrogens with one attached hydrogen (secondary N) is 1. The zero-order chi connectivity index (χ0) is 14.8. The molecular weight excluding hydrogens is 250 g/mol. The van der Waals surface area contributed by atoms with Crippen LogP contribution in [0.2, 0.25) is 0 Å². The van der Waals surface area contributed by atoms with Gasteiger partial charge in [0.1, 0.15) is 0 Å². The van der Waals surface area contributed by atoms with Crippen LogP contribution in [0.4, 0.5) is 5.69 Å². The van der Waals surface area contributed by atoms with E-state index in [1.165, 1.54) is 5.69 Å². The monoisotopic (exact) mass is 277 g/mol. The fourth-order valence-electron chi connectivity index (χ4n) is 2.03. The fraction of sp³-hybridized carbons (Fsp3) is 0.562. The van der Waals surface area contributed by atoms with Gasteiger partial charge in [0.25, 0.3) is 0 Å². The van der Waals surface area contributed by atoms with E-state index in [1.54, 1.807) is 0 Å². The van der Waals surface area contributed by atoms with Crippen LogP contribution in [0.5, 0.6) is 0 Å². The minimum Gasteiger partial charge on any atom is -0.375 e. The number of para-hydroxylation sites is 1. The Morgan fingerprint density at radius 3 is 2.65 bits per heavy atom. The number of amides is 1. The molecule has 0 heterocycles. The number of nitrogens with zero attached hydrogens (tertiary/aromatic N) is 1. The van der Waals surface area contributed by atoms with Gasteiger partial charge < -0.3 is 16.0 Å². The topological polar surface area (TPSA) is 58.4 Å². The van der Waals surface area contributed by atoms with Crippen molar-refractivity contribution in [2.24, 2.45) is 5.73 Å². The minimum absolute atomic E-state index is 0.0270. The van der Waals surface area contributed by atoms with Crippen molar-refractivity contribution in [3.8, 4) is 0 Å². The summed E-state index contributed by atoms with van der Waals surface area (Å²) in [5.41, 5.74) is 7.01. The second-order valence-electron chi connectivity index (χ2n) is 5.15. The molecule has 0 spiro atoms. The summed E-state index contributed by atoms with van der Waals surface area (Å²) >= 11 is 0. The van der Waals surface area contributed by atoms with E-state index in [4.69, 9.17) is 5.73 Å². The Hall–Kier alpha value is -1.55. The van der Waals surface area contributed by atoms with Crippen LogP contribution in [0.1, 0.15) is 32.6 Å². The average molecular weight is 277 g/mol. The van der Waals surface area contributed by atoms with Gasteiger partial charge in [-0.05, 0) is 25.0 Å². The fourth-order valence-corrected chi connectivity index (χ4v) is 2.03.